The fourth-order valence-corrected chi connectivity index (χ4v) is 4.09. The van der Waals surface area contributed by atoms with E-state index in [9.17, 15) is 31.1 Å². The molecule has 0 fully saturated rings. The summed E-state index contributed by atoms with van der Waals surface area (Å²) in [5, 5.41) is 7.61. The van der Waals surface area contributed by atoms with E-state index in [-0.39, 0.29) is 28.8 Å². The van der Waals surface area contributed by atoms with Crippen molar-refractivity contribution in [2.75, 3.05) is 0 Å². The van der Waals surface area contributed by atoms with Crippen molar-refractivity contribution in [2.45, 2.75) is 25.7 Å². The highest BCUT2D eigenvalue weighted by Gasteiger charge is 2.36. The molecule has 1 unspecified atom stereocenters. The summed E-state index contributed by atoms with van der Waals surface area (Å²) in [7, 11) is 0. The highest BCUT2D eigenvalue weighted by atomic mass is 19.4. The van der Waals surface area contributed by atoms with Gasteiger partial charge in [-0.2, -0.15) is 33.1 Å². The van der Waals surface area contributed by atoms with Crippen LogP contribution in [0, 0.1) is 17.5 Å². The van der Waals surface area contributed by atoms with E-state index < -0.39 is 52.2 Å². The van der Waals surface area contributed by atoms with Gasteiger partial charge in [0.2, 0.25) is 5.88 Å². The van der Waals surface area contributed by atoms with E-state index in [1.807, 2.05) is 0 Å². The lowest BCUT2D eigenvalue weighted by molar-refractivity contribution is -0.138. The Bertz CT molecular complexity index is 1710. The molecule has 3 heterocycles. The van der Waals surface area contributed by atoms with Gasteiger partial charge in [0.1, 0.15) is 28.8 Å². The lowest BCUT2D eigenvalue weighted by Crippen LogP contribution is -2.18. The van der Waals surface area contributed by atoms with Crippen LogP contribution in [-0.4, -0.2) is 29.5 Å². The molecule has 39 heavy (non-hydrogen) atoms. The van der Waals surface area contributed by atoms with E-state index in [1.54, 1.807) is 0 Å². The zero-order valence-electron chi connectivity index (χ0n) is 19.8. The monoisotopic (exact) mass is 546 g/mol. The number of rotatable bonds is 6. The van der Waals surface area contributed by atoms with Crippen LogP contribution >= 0.6 is 0 Å². The second-order valence-electron chi connectivity index (χ2n) is 8.45. The van der Waals surface area contributed by atoms with Gasteiger partial charge in [0, 0.05) is 23.9 Å². The largest absolute Gasteiger partial charge is 0.438 e. The van der Waals surface area contributed by atoms with Gasteiger partial charge in [-0.05, 0) is 36.8 Å². The van der Waals surface area contributed by atoms with Gasteiger partial charge in [-0.25, -0.2) is 18.2 Å². The van der Waals surface area contributed by atoms with Gasteiger partial charge >= 0.3 is 6.18 Å². The number of pyridine rings is 1. The number of hydrogen-bond acceptors (Lipinski definition) is 6. The average Bonchev–Trinajstić information content (AvgIpc) is 3.37. The van der Waals surface area contributed by atoms with Crippen LogP contribution in [0.25, 0.3) is 10.9 Å². The molecule has 0 aliphatic rings. The van der Waals surface area contributed by atoms with E-state index >= 15 is 0 Å². The molecular formula is C25H16F6N6O2. The maximum atomic E-state index is 14.4. The Morgan fingerprint density at radius 3 is 2.33 bits per heavy atom. The molecule has 0 N–H and O–H groups in total. The summed E-state index contributed by atoms with van der Waals surface area (Å²) in [6, 6.07) is 4.59. The minimum Gasteiger partial charge on any atom is -0.438 e. The number of aromatic nitrogens is 6. The molecule has 0 radical (unpaired) electrons. The molecule has 200 valence electrons. The van der Waals surface area contributed by atoms with Crippen LogP contribution in [0.4, 0.5) is 26.3 Å². The summed E-state index contributed by atoms with van der Waals surface area (Å²) in [5.41, 5.74) is -2.06. The van der Waals surface area contributed by atoms with Crippen molar-refractivity contribution in [1.82, 2.24) is 29.5 Å². The van der Waals surface area contributed by atoms with Gasteiger partial charge in [0.25, 0.3) is 5.56 Å². The van der Waals surface area contributed by atoms with Crippen LogP contribution in [-0.2, 0) is 12.7 Å². The Hall–Kier alpha value is -4.75. The van der Waals surface area contributed by atoms with E-state index in [0.29, 0.717) is 12.1 Å². The fourth-order valence-electron chi connectivity index (χ4n) is 4.09. The van der Waals surface area contributed by atoms with Crippen LogP contribution in [0.1, 0.15) is 29.7 Å². The zero-order chi connectivity index (χ0) is 27.9. The Morgan fingerprint density at radius 1 is 0.974 bits per heavy atom. The molecular weight excluding hydrogens is 530 g/mol. The Labute approximate surface area is 215 Å². The number of benzene rings is 2. The third-order valence-corrected chi connectivity index (χ3v) is 5.87. The first kappa shape index (κ1) is 25.9. The lowest BCUT2D eigenvalue weighted by Gasteiger charge is -2.20. The minimum absolute atomic E-state index is 0.0576. The molecule has 14 heteroatoms. The Morgan fingerprint density at radius 2 is 1.67 bits per heavy atom. The highest BCUT2D eigenvalue weighted by Crippen LogP contribution is 2.38. The van der Waals surface area contributed by atoms with E-state index in [1.165, 1.54) is 47.0 Å². The van der Waals surface area contributed by atoms with Crippen LogP contribution < -0.4 is 10.3 Å². The first-order valence-corrected chi connectivity index (χ1v) is 11.2. The van der Waals surface area contributed by atoms with Gasteiger partial charge < -0.3 is 9.30 Å². The van der Waals surface area contributed by atoms with Crippen molar-refractivity contribution in [3.8, 4) is 11.6 Å². The van der Waals surface area contributed by atoms with Gasteiger partial charge in [0.15, 0.2) is 0 Å². The first-order chi connectivity index (χ1) is 18.5. The third-order valence-electron chi connectivity index (χ3n) is 5.87. The van der Waals surface area contributed by atoms with Crippen molar-refractivity contribution in [3.05, 3.63) is 106 Å². The lowest BCUT2D eigenvalue weighted by atomic mass is 10.1. The predicted octanol–water partition coefficient (Wildman–Crippen LogP) is 5.27. The second-order valence-corrected chi connectivity index (χ2v) is 8.45. The quantitative estimate of drug-likeness (QED) is 0.270. The minimum atomic E-state index is -4.82. The molecule has 5 rings (SSSR count). The molecule has 0 aliphatic heterocycles. The van der Waals surface area contributed by atoms with E-state index in [0.717, 1.165) is 18.5 Å². The fraction of sp³-hybridized carbons (Fsp3) is 0.160. The Balaban J connectivity index is 1.52. The highest BCUT2D eigenvalue weighted by molar-refractivity contribution is 5.80. The van der Waals surface area contributed by atoms with Gasteiger partial charge in [-0.15, -0.1) is 0 Å². The smallest absolute Gasteiger partial charge is 0.421 e. The van der Waals surface area contributed by atoms with Crippen LogP contribution in [0.2, 0.25) is 0 Å². The van der Waals surface area contributed by atoms with Crippen molar-refractivity contribution in [3.63, 3.8) is 0 Å². The number of alkyl halides is 3. The van der Waals surface area contributed by atoms with Gasteiger partial charge in [0.05, 0.1) is 42.2 Å². The summed E-state index contributed by atoms with van der Waals surface area (Å²) in [5.74, 6) is -4.28. The number of halogens is 6. The summed E-state index contributed by atoms with van der Waals surface area (Å²) in [6.45, 7) is 1.35. The molecule has 8 nitrogen and oxygen atoms in total. The third kappa shape index (κ3) is 5.17. The molecule has 0 bridgehead atoms. The molecule has 5 aromatic rings. The van der Waals surface area contributed by atoms with E-state index in [4.69, 9.17) is 4.74 Å². The number of ether oxygens (including phenoxy) is 1. The van der Waals surface area contributed by atoms with Crippen molar-refractivity contribution in [1.29, 1.82) is 0 Å². The number of hydrogen-bond donors (Lipinski definition) is 0. The standard InChI is InChI=1S/C25H16F6N6O2/c1-13(22-19(27)7-15(26)8-20(22)28)36-12-33-23(38)17-9-16(2-3-21(17)36)39-24-18(25(29,30)31)6-14(10-32-24)11-37-34-4-5-35-37/h2-10,12-13H,11H2,1H3. The molecule has 0 saturated heterocycles. The van der Waals surface area contributed by atoms with Crippen molar-refractivity contribution < 1.29 is 31.1 Å². The molecule has 2 aromatic carbocycles. The summed E-state index contributed by atoms with van der Waals surface area (Å²) < 4.78 is 90.3. The van der Waals surface area contributed by atoms with Crippen LogP contribution in [0.5, 0.6) is 11.6 Å². The zero-order valence-corrected chi connectivity index (χ0v) is 19.8. The molecule has 1 atom stereocenters. The van der Waals surface area contributed by atoms with Crippen molar-refractivity contribution in [2.24, 2.45) is 0 Å². The summed E-state index contributed by atoms with van der Waals surface area (Å²) >= 11 is 0. The summed E-state index contributed by atoms with van der Waals surface area (Å²) in [4.78, 5) is 21.2. The molecule has 3 aromatic heterocycles. The number of nitrogens with zero attached hydrogens (tertiary/aromatic N) is 6. The van der Waals surface area contributed by atoms with Gasteiger partial charge in [-0.1, -0.05) is 0 Å². The van der Waals surface area contributed by atoms with Crippen LogP contribution in [0.15, 0.2) is 66.1 Å². The summed E-state index contributed by atoms with van der Waals surface area (Å²) in [6.07, 6.45) is 0.183. The molecule has 0 saturated carbocycles. The molecule has 0 amide bonds. The Kier molecular flexibility index (Phi) is 6.54. The maximum absolute atomic E-state index is 14.4. The first-order valence-electron chi connectivity index (χ1n) is 11.2. The molecule has 0 spiro atoms. The van der Waals surface area contributed by atoms with Crippen molar-refractivity contribution >= 4 is 10.9 Å². The molecule has 0 aliphatic carbocycles. The van der Waals surface area contributed by atoms with Gasteiger partial charge in [-0.3, -0.25) is 4.79 Å². The topological polar surface area (TPSA) is 87.7 Å². The second kappa shape index (κ2) is 9.85. The van der Waals surface area contributed by atoms with Crippen LogP contribution in [0.3, 0.4) is 0 Å². The number of fused-ring (bicyclic) bond motifs is 1. The predicted molar refractivity (Wildman–Crippen MR) is 125 cm³/mol. The normalized spacial score (nSPS) is 12.6. The maximum Gasteiger partial charge on any atom is 0.421 e. The average molecular weight is 546 g/mol. The van der Waals surface area contributed by atoms with E-state index in [2.05, 4.69) is 20.2 Å². The SMILES string of the molecule is CC(c1c(F)cc(F)cc1F)n1cnc(=O)c2cc(Oc3ncc(Cn4nccn4)cc3C(F)(F)F)ccc21.